The second-order valence-electron chi connectivity index (χ2n) is 4.44. The van der Waals surface area contributed by atoms with Crippen LogP contribution in [0, 0.1) is 17.2 Å². The molecular weight excluding hydrogens is 226 g/mol. The summed E-state index contributed by atoms with van der Waals surface area (Å²) < 4.78 is 0. The quantitative estimate of drug-likeness (QED) is 0.674. The lowest BCUT2D eigenvalue weighted by molar-refractivity contribution is 0.114. The average Bonchev–Trinajstić information content (AvgIpc) is 2.38. The van der Waals surface area contributed by atoms with Gasteiger partial charge in [0, 0.05) is 6.54 Å². The lowest BCUT2D eigenvalue weighted by atomic mass is 9.96. The summed E-state index contributed by atoms with van der Waals surface area (Å²) in [6.07, 6.45) is 1.54. The monoisotopic (exact) mass is 247 g/mol. The highest BCUT2D eigenvalue weighted by atomic mass is 16.3. The molecule has 0 radical (unpaired) electrons. The summed E-state index contributed by atoms with van der Waals surface area (Å²) in [6.45, 7) is 4.63. The Morgan fingerprint density at radius 3 is 2.56 bits per heavy atom. The van der Waals surface area contributed by atoms with Gasteiger partial charge in [-0.15, -0.1) is 0 Å². The Labute approximate surface area is 108 Å². The molecule has 0 bridgehead atoms. The number of benzene rings is 1. The van der Waals surface area contributed by atoms with Crippen LogP contribution < -0.4 is 11.1 Å². The van der Waals surface area contributed by atoms with Gasteiger partial charge in [0.2, 0.25) is 0 Å². The third-order valence-electron chi connectivity index (χ3n) is 3.28. The Hall–Kier alpha value is -1.73. The zero-order valence-electron chi connectivity index (χ0n) is 11.0. The molecule has 4 nitrogen and oxygen atoms in total. The predicted octanol–water partition coefficient (Wildman–Crippen LogP) is 2.35. The molecule has 0 aliphatic rings. The van der Waals surface area contributed by atoms with Crippen LogP contribution >= 0.6 is 0 Å². The lowest BCUT2D eigenvalue weighted by Crippen LogP contribution is -2.27. The van der Waals surface area contributed by atoms with Crippen LogP contribution in [0.1, 0.15) is 32.3 Å². The van der Waals surface area contributed by atoms with E-state index in [9.17, 15) is 5.11 Å². The molecule has 0 saturated carbocycles. The van der Waals surface area contributed by atoms with Crippen molar-refractivity contribution in [3.05, 3.63) is 23.8 Å². The van der Waals surface area contributed by atoms with Crippen LogP contribution in [0.4, 0.5) is 11.4 Å². The second kappa shape index (κ2) is 6.87. The van der Waals surface area contributed by atoms with Crippen molar-refractivity contribution in [2.24, 2.45) is 5.92 Å². The third-order valence-corrected chi connectivity index (χ3v) is 3.28. The zero-order valence-corrected chi connectivity index (χ0v) is 11.0. The van der Waals surface area contributed by atoms with E-state index in [0.717, 1.165) is 18.5 Å². The van der Waals surface area contributed by atoms with Gasteiger partial charge in [0.05, 0.1) is 29.1 Å². The maximum Gasteiger partial charge on any atom is 0.0992 e. The molecule has 0 spiro atoms. The molecule has 1 aromatic rings. The van der Waals surface area contributed by atoms with Crippen molar-refractivity contribution in [1.29, 1.82) is 5.26 Å². The number of anilines is 2. The average molecular weight is 247 g/mol. The van der Waals surface area contributed by atoms with E-state index in [-0.39, 0.29) is 6.10 Å². The minimum atomic E-state index is -0.380. The second-order valence-corrected chi connectivity index (χ2v) is 4.44. The molecule has 1 rings (SSSR count). The van der Waals surface area contributed by atoms with E-state index in [2.05, 4.69) is 19.2 Å². The normalized spacial score (nSPS) is 12.2. The minimum Gasteiger partial charge on any atom is -0.397 e. The molecule has 18 heavy (non-hydrogen) atoms. The summed E-state index contributed by atoms with van der Waals surface area (Å²) in [5.74, 6) is 0.303. The molecular formula is C14H21N3O. The van der Waals surface area contributed by atoms with Crippen molar-refractivity contribution in [3.8, 4) is 6.07 Å². The smallest absolute Gasteiger partial charge is 0.0992 e. The van der Waals surface area contributed by atoms with E-state index in [0.29, 0.717) is 23.7 Å². The summed E-state index contributed by atoms with van der Waals surface area (Å²) in [4.78, 5) is 0. The van der Waals surface area contributed by atoms with Crippen LogP contribution in [0.2, 0.25) is 0 Å². The van der Waals surface area contributed by atoms with Crippen molar-refractivity contribution in [1.82, 2.24) is 0 Å². The highest BCUT2D eigenvalue weighted by Crippen LogP contribution is 2.20. The molecule has 0 amide bonds. The standard InChI is InChI=1S/C14H21N3O/c1-3-11(4-2)14(18)9-17-13-6-5-10(8-15)7-12(13)16/h5-7,11,14,17-18H,3-4,9,16H2,1-2H3. The fraction of sp³-hybridized carbons (Fsp3) is 0.500. The number of rotatable bonds is 6. The number of nitrogens with two attached hydrogens (primary N) is 1. The minimum absolute atomic E-state index is 0.303. The van der Waals surface area contributed by atoms with Gasteiger partial charge < -0.3 is 16.2 Å². The van der Waals surface area contributed by atoms with Gasteiger partial charge in [-0.25, -0.2) is 0 Å². The summed E-state index contributed by atoms with van der Waals surface area (Å²) in [6, 6.07) is 7.15. The number of aliphatic hydroxyl groups is 1. The van der Waals surface area contributed by atoms with Crippen LogP contribution in [0.25, 0.3) is 0 Å². The molecule has 0 saturated heterocycles. The van der Waals surface area contributed by atoms with Gasteiger partial charge in [0.1, 0.15) is 0 Å². The van der Waals surface area contributed by atoms with Crippen LogP contribution in [0.15, 0.2) is 18.2 Å². The Balaban J connectivity index is 2.61. The first-order valence-electron chi connectivity index (χ1n) is 6.33. The predicted molar refractivity (Wildman–Crippen MR) is 74.1 cm³/mol. The lowest BCUT2D eigenvalue weighted by Gasteiger charge is -2.21. The summed E-state index contributed by atoms with van der Waals surface area (Å²) in [5, 5.41) is 21.9. The largest absolute Gasteiger partial charge is 0.397 e. The topological polar surface area (TPSA) is 82.1 Å². The maximum absolute atomic E-state index is 10.0. The van der Waals surface area contributed by atoms with E-state index in [1.165, 1.54) is 0 Å². The molecule has 1 unspecified atom stereocenters. The van der Waals surface area contributed by atoms with Crippen LogP contribution in [0.3, 0.4) is 0 Å². The van der Waals surface area contributed by atoms with E-state index in [4.69, 9.17) is 11.0 Å². The molecule has 1 atom stereocenters. The highest BCUT2D eigenvalue weighted by molar-refractivity contribution is 5.68. The molecule has 98 valence electrons. The van der Waals surface area contributed by atoms with Crippen LogP contribution in [-0.4, -0.2) is 17.8 Å². The number of nitrogens with zero attached hydrogens (tertiary/aromatic N) is 1. The van der Waals surface area contributed by atoms with Crippen LogP contribution in [-0.2, 0) is 0 Å². The molecule has 1 aromatic carbocycles. The number of hydrogen-bond donors (Lipinski definition) is 3. The van der Waals surface area contributed by atoms with Gasteiger partial charge in [0.15, 0.2) is 0 Å². The van der Waals surface area contributed by atoms with Crippen LogP contribution in [0.5, 0.6) is 0 Å². The van der Waals surface area contributed by atoms with Crippen molar-refractivity contribution >= 4 is 11.4 Å². The highest BCUT2D eigenvalue weighted by Gasteiger charge is 2.15. The number of nitriles is 1. The molecule has 0 aromatic heterocycles. The van der Waals surface area contributed by atoms with Gasteiger partial charge in [-0.1, -0.05) is 26.7 Å². The fourth-order valence-corrected chi connectivity index (χ4v) is 2.01. The summed E-state index contributed by atoms with van der Waals surface area (Å²) in [7, 11) is 0. The first-order chi connectivity index (χ1) is 8.62. The van der Waals surface area contributed by atoms with Gasteiger partial charge >= 0.3 is 0 Å². The SMILES string of the molecule is CCC(CC)C(O)CNc1ccc(C#N)cc1N. The van der Waals surface area contributed by atoms with E-state index >= 15 is 0 Å². The van der Waals surface area contributed by atoms with Crippen molar-refractivity contribution in [3.63, 3.8) is 0 Å². The van der Waals surface area contributed by atoms with Crippen molar-refractivity contribution in [2.45, 2.75) is 32.8 Å². The molecule has 0 heterocycles. The van der Waals surface area contributed by atoms with Gasteiger partial charge in [-0.05, 0) is 24.1 Å². The molecule has 0 fully saturated rings. The third kappa shape index (κ3) is 3.64. The number of aliphatic hydroxyl groups excluding tert-OH is 1. The molecule has 4 N–H and O–H groups in total. The number of hydrogen-bond acceptors (Lipinski definition) is 4. The first-order valence-corrected chi connectivity index (χ1v) is 6.33. The molecule has 0 aliphatic heterocycles. The van der Waals surface area contributed by atoms with E-state index in [1.54, 1.807) is 18.2 Å². The number of nitrogen functional groups attached to an aromatic ring is 1. The van der Waals surface area contributed by atoms with Crippen molar-refractivity contribution in [2.75, 3.05) is 17.6 Å². The van der Waals surface area contributed by atoms with E-state index in [1.807, 2.05) is 6.07 Å². The van der Waals surface area contributed by atoms with Gasteiger partial charge in [-0.2, -0.15) is 5.26 Å². The first kappa shape index (κ1) is 14.3. The fourth-order valence-electron chi connectivity index (χ4n) is 2.01. The molecule has 0 aliphatic carbocycles. The van der Waals surface area contributed by atoms with Gasteiger partial charge in [0.25, 0.3) is 0 Å². The van der Waals surface area contributed by atoms with Crippen molar-refractivity contribution < 1.29 is 5.11 Å². The Kier molecular flexibility index (Phi) is 5.47. The zero-order chi connectivity index (χ0) is 13.5. The maximum atomic E-state index is 10.0. The number of nitrogens with one attached hydrogen (secondary N) is 1. The Morgan fingerprint density at radius 2 is 2.06 bits per heavy atom. The summed E-state index contributed by atoms with van der Waals surface area (Å²) in [5.41, 5.74) is 7.67. The Morgan fingerprint density at radius 1 is 1.39 bits per heavy atom. The Bertz CT molecular complexity index is 422. The van der Waals surface area contributed by atoms with Gasteiger partial charge in [-0.3, -0.25) is 0 Å². The molecule has 4 heteroatoms. The summed E-state index contributed by atoms with van der Waals surface area (Å²) >= 11 is 0. The van der Waals surface area contributed by atoms with E-state index < -0.39 is 0 Å².